The fourth-order valence-electron chi connectivity index (χ4n) is 3.88. The quantitative estimate of drug-likeness (QED) is 0.874. The number of amides is 1. The van der Waals surface area contributed by atoms with E-state index < -0.39 is 0 Å². The van der Waals surface area contributed by atoms with Crippen molar-refractivity contribution < 1.29 is 14.6 Å². The molecular weight excluding hydrogens is 328 g/mol. The topological polar surface area (TPSA) is 61.8 Å². The summed E-state index contributed by atoms with van der Waals surface area (Å²) in [7, 11) is 0. The molecule has 2 N–H and O–H groups in total. The number of carbonyl (C=O) groups is 1. The summed E-state index contributed by atoms with van der Waals surface area (Å²) in [6.45, 7) is 3.93. The number of rotatable bonds is 4. The standard InChI is InChI=1S/C18H25ClN2O3/c19-14-4-5-16(22)15(12-14)17(23)20-13-18(6-2-1-3-7-18)21-8-10-24-11-9-21/h4-5,12,22H,1-3,6-11,13H2,(H,20,23). The Morgan fingerprint density at radius 1 is 1.25 bits per heavy atom. The average molecular weight is 353 g/mol. The molecule has 0 spiro atoms. The predicted octanol–water partition coefficient (Wildman–Crippen LogP) is 2.81. The van der Waals surface area contributed by atoms with Crippen molar-refractivity contribution in [2.75, 3.05) is 32.8 Å². The summed E-state index contributed by atoms with van der Waals surface area (Å²) >= 11 is 5.95. The Balaban J connectivity index is 1.71. The van der Waals surface area contributed by atoms with E-state index in [1.54, 1.807) is 6.07 Å². The first-order chi connectivity index (χ1) is 11.6. The largest absolute Gasteiger partial charge is 0.507 e. The van der Waals surface area contributed by atoms with Gasteiger partial charge in [0.25, 0.3) is 5.91 Å². The highest BCUT2D eigenvalue weighted by molar-refractivity contribution is 6.31. The van der Waals surface area contributed by atoms with Crippen molar-refractivity contribution in [3.8, 4) is 5.75 Å². The number of nitrogens with one attached hydrogen (secondary N) is 1. The Bertz CT molecular complexity index is 582. The third kappa shape index (κ3) is 3.85. The molecule has 1 amide bonds. The summed E-state index contributed by atoms with van der Waals surface area (Å²) in [4.78, 5) is 15.0. The lowest BCUT2D eigenvalue weighted by Crippen LogP contribution is -2.59. The summed E-state index contributed by atoms with van der Waals surface area (Å²) in [5.41, 5.74) is 0.238. The SMILES string of the molecule is O=C(NCC1(N2CCOCC2)CCCCC1)c1cc(Cl)ccc1O. The monoisotopic (exact) mass is 352 g/mol. The van der Waals surface area contributed by atoms with Gasteiger partial charge in [0, 0.05) is 30.2 Å². The maximum atomic E-state index is 12.5. The molecule has 6 heteroatoms. The van der Waals surface area contributed by atoms with Gasteiger partial charge < -0.3 is 15.2 Å². The van der Waals surface area contributed by atoms with Gasteiger partial charge in [-0.25, -0.2) is 0 Å². The minimum Gasteiger partial charge on any atom is -0.507 e. The van der Waals surface area contributed by atoms with Crippen LogP contribution >= 0.6 is 11.6 Å². The maximum Gasteiger partial charge on any atom is 0.255 e. The van der Waals surface area contributed by atoms with E-state index in [1.165, 1.54) is 31.4 Å². The van der Waals surface area contributed by atoms with Gasteiger partial charge in [0.15, 0.2) is 0 Å². The smallest absolute Gasteiger partial charge is 0.255 e. The van der Waals surface area contributed by atoms with Crippen LogP contribution in [0.5, 0.6) is 5.75 Å². The van der Waals surface area contributed by atoms with Crippen LogP contribution in [0, 0.1) is 0 Å². The Labute approximate surface area is 147 Å². The van der Waals surface area contributed by atoms with E-state index in [2.05, 4.69) is 10.2 Å². The van der Waals surface area contributed by atoms with Gasteiger partial charge in [-0.15, -0.1) is 0 Å². The lowest BCUT2D eigenvalue weighted by Gasteiger charge is -2.48. The summed E-state index contributed by atoms with van der Waals surface area (Å²) in [5.74, 6) is -0.311. The zero-order valence-corrected chi connectivity index (χ0v) is 14.6. The molecule has 0 bridgehead atoms. The van der Waals surface area contributed by atoms with Crippen molar-refractivity contribution in [1.82, 2.24) is 10.2 Å². The first-order valence-electron chi connectivity index (χ1n) is 8.70. The van der Waals surface area contributed by atoms with Crippen LogP contribution in [0.4, 0.5) is 0 Å². The molecule has 0 aromatic heterocycles. The zero-order chi connectivity index (χ0) is 17.0. The number of aromatic hydroxyl groups is 1. The molecule has 1 saturated heterocycles. The lowest BCUT2D eigenvalue weighted by atomic mass is 9.79. The van der Waals surface area contributed by atoms with Crippen LogP contribution in [0.15, 0.2) is 18.2 Å². The van der Waals surface area contributed by atoms with Crippen LogP contribution in [-0.2, 0) is 4.74 Å². The number of phenolic OH excluding ortho intramolecular Hbond substituents is 1. The minimum absolute atomic E-state index is 0.00584. The van der Waals surface area contributed by atoms with Crippen molar-refractivity contribution in [2.24, 2.45) is 0 Å². The van der Waals surface area contributed by atoms with Gasteiger partial charge in [0.2, 0.25) is 0 Å². The van der Waals surface area contributed by atoms with E-state index >= 15 is 0 Å². The van der Waals surface area contributed by atoms with Gasteiger partial charge in [-0.05, 0) is 31.0 Å². The lowest BCUT2D eigenvalue weighted by molar-refractivity contribution is -0.0361. The number of phenols is 1. The van der Waals surface area contributed by atoms with E-state index in [-0.39, 0.29) is 22.8 Å². The molecule has 2 aliphatic rings. The van der Waals surface area contributed by atoms with Crippen molar-refractivity contribution in [2.45, 2.75) is 37.6 Å². The number of ether oxygens (including phenoxy) is 1. The first kappa shape index (κ1) is 17.5. The molecule has 0 unspecified atom stereocenters. The van der Waals surface area contributed by atoms with E-state index in [9.17, 15) is 9.90 Å². The van der Waals surface area contributed by atoms with E-state index in [1.807, 2.05) is 0 Å². The van der Waals surface area contributed by atoms with Crippen molar-refractivity contribution in [1.29, 1.82) is 0 Å². The summed E-state index contributed by atoms with van der Waals surface area (Å²) in [6, 6.07) is 4.54. The number of halogens is 1. The van der Waals surface area contributed by atoms with Crippen LogP contribution < -0.4 is 5.32 Å². The fourth-order valence-corrected chi connectivity index (χ4v) is 4.05. The molecule has 24 heavy (non-hydrogen) atoms. The fraction of sp³-hybridized carbons (Fsp3) is 0.611. The minimum atomic E-state index is -0.270. The van der Waals surface area contributed by atoms with Gasteiger partial charge in [0.05, 0.1) is 18.8 Å². The van der Waals surface area contributed by atoms with Gasteiger partial charge in [0.1, 0.15) is 5.75 Å². The Morgan fingerprint density at radius 3 is 2.67 bits per heavy atom. The molecule has 0 atom stereocenters. The van der Waals surface area contributed by atoms with Gasteiger partial charge in [-0.2, -0.15) is 0 Å². The first-order valence-corrected chi connectivity index (χ1v) is 9.08. The van der Waals surface area contributed by atoms with Crippen molar-refractivity contribution >= 4 is 17.5 Å². The molecule has 1 aromatic rings. The average Bonchev–Trinajstić information content (AvgIpc) is 2.63. The van der Waals surface area contributed by atoms with Crippen LogP contribution in [0.25, 0.3) is 0 Å². The highest BCUT2D eigenvalue weighted by atomic mass is 35.5. The van der Waals surface area contributed by atoms with Gasteiger partial charge >= 0.3 is 0 Å². The van der Waals surface area contributed by atoms with Crippen LogP contribution in [-0.4, -0.2) is 54.3 Å². The zero-order valence-electron chi connectivity index (χ0n) is 13.9. The molecule has 2 fully saturated rings. The highest BCUT2D eigenvalue weighted by Gasteiger charge is 2.38. The second kappa shape index (κ2) is 7.72. The Hall–Kier alpha value is -1.30. The molecule has 1 saturated carbocycles. The maximum absolute atomic E-state index is 12.5. The van der Waals surface area contributed by atoms with Crippen LogP contribution in [0.3, 0.4) is 0 Å². The van der Waals surface area contributed by atoms with Crippen LogP contribution in [0.2, 0.25) is 5.02 Å². The summed E-state index contributed by atoms with van der Waals surface area (Å²) < 4.78 is 5.48. The Morgan fingerprint density at radius 2 is 1.96 bits per heavy atom. The van der Waals surface area contributed by atoms with E-state index in [0.717, 1.165) is 39.1 Å². The Kier molecular flexibility index (Phi) is 5.64. The molecule has 5 nitrogen and oxygen atoms in total. The number of morpholine rings is 1. The molecule has 1 aliphatic carbocycles. The summed E-state index contributed by atoms with van der Waals surface area (Å²) in [5, 5.41) is 13.4. The normalized spacial score (nSPS) is 21.4. The number of carbonyl (C=O) groups excluding carboxylic acids is 1. The molecule has 1 heterocycles. The van der Waals surface area contributed by atoms with E-state index in [0.29, 0.717) is 11.6 Å². The summed E-state index contributed by atoms with van der Waals surface area (Å²) in [6.07, 6.45) is 5.82. The number of hydrogen-bond acceptors (Lipinski definition) is 4. The second-order valence-corrected chi connectivity index (χ2v) is 7.17. The number of nitrogens with zero attached hydrogens (tertiary/aromatic N) is 1. The molecule has 1 aliphatic heterocycles. The third-order valence-corrected chi connectivity index (χ3v) is 5.48. The highest BCUT2D eigenvalue weighted by Crippen LogP contribution is 2.34. The number of hydrogen-bond donors (Lipinski definition) is 2. The molecule has 0 radical (unpaired) electrons. The number of benzene rings is 1. The predicted molar refractivity (Wildman–Crippen MR) is 93.7 cm³/mol. The second-order valence-electron chi connectivity index (χ2n) is 6.73. The molecular formula is C18H25ClN2O3. The molecule has 3 rings (SSSR count). The van der Waals surface area contributed by atoms with E-state index in [4.69, 9.17) is 16.3 Å². The van der Waals surface area contributed by atoms with Gasteiger partial charge in [-0.1, -0.05) is 30.9 Å². The third-order valence-electron chi connectivity index (χ3n) is 5.25. The molecule has 1 aromatic carbocycles. The molecule has 132 valence electrons. The van der Waals surface area contributed by atoms with Gasteiger partial charge in [-0.3, -0.25) is 9.69 Å². The van der Waals surface area contributed by atoms with Crippen LogP contribution in [0.1, 0.15) is 42.5 Å². The van der Waals surface area contributed by atoms with Crippen molar-refractivity contribution in [3.63, 3.8) is 0 Å². The van der Waals surface area contributed by atoms with Crippen molar-refractivity contribution in [3.05, 3.63) is 28.8 Å².